The van der Waals surface area contributed by atoms with Crippen molar-refractivity contribution in [2.45, 2.75) is 32.6 Å². The molecule has 2 heteroatoms. The van der Waals surface area contributed by atoms with E-state index in [1.165, 1.54) is 12.8 Å². The monoisotopic (exact) mass is 205 g/mol. The lowest BCUT2D eigenvalue weighted by atomic mass is 10.2. The largest absolute Gasteiger partial charge is 0.462 e. The van der Waals surface area contributed by atoms with E-state index in [-0.39, 0.29) is 5.97 Å². The average Bonchev–Trinajstić information content (AvgIpc) is 2.30. The first-order chi connectivity index (χ1) is 7.34. The summed E-state index contributed by atoms with van der Waals surface area (Å²) >= 11 is 0. The van der Waals surface area contributed by atoms with Crippen LogP contribution in [-0.4, -0.2) is 12.6 Å². The van der Waals surface area contributed by atoms with Crippen LogP contribution >= 0.6 is 0 Å². The van der Waals surface area contributed by atoms with Gasteiger partial charge in [0, 0.05) is 0 Å². The molecule has 0 aliphatic carbocycles. The van der Waals surface area contributed by atoms with Crippen molar-refractivity contribution in [3.8, 4) is 0 Å². The van der Waals surface area contributed by atoms with Gasteiger partial charge in [-0.25, -0.2) is 4.79 Å². The third-order valence-corrected chi connectivity index (χ3v) is 2.17. The van der Waals surface area contributed by atoms with Crippen molar-refractivity contribution in [1.82, 2.24) is 0 Å². The highest BCUT2D eigenvalue weighted by Crippen LogP contribution is 2.03. The molecule has 1 radical (unpaired) electrons. The molecular formula is C13H17O2. The zero-order valence-electron chi connectivity index (χ0n) is 9.16. The Balaban J connectivity index is 2.20. The standard InChI is InChI=1S/C13H17O2/c1-2-3-4-8-11-15-13(14)12-9-6-5-7-10-12/h5-6,9-10H,2-4,8,11H2,1H3. The van der Waals surface area contributed by atoms with Gasteiger partial charge < -0.3 is 4.74 Å². The van der Waals surface area contributed by atoms with Crippen LogP contribution in [-0.2, 0) is 4.74 Å². The Morgan fingerprint density at radius 1 is 1.40 bits per heavy atom. The predicted octanol–water partition coefficient (Wildman–Crippen LogP) is 3.22. The molecule has 15 heavy (non-hydrogen) atoms. The van der Waals surface area contributed by atoms with Gasteiger partial charge in [-0.3, -0.25) is 0 Å². The number of carbonyl (C=O) groups is 1. The van der Waals surface area contributed by atoms with Gasteiger partial charge in [0.15, 0.2) is 0 Å². The number of hydrogen-bond donors (Lipinski definition) is 0. The zero-order chi connectivity index (χ0) is 10.9. The third kappa shape index (κ3) is 4.63. The Labute approximate surface area is 91.3 Å². The van der Waals surface area contributed by atoms with Gasteiger partial charge in [0.25, 0.3) is 0 Å². The maximum absolute atomic E-state index is 11.4. The Morgan fingerprint density at radius 2 is 2.27 bits per heavy atom. The maximum Gasteiger partial charge on any atom is 0.338 e. The minimum absolute atomic E-state index is 0.247. The second-order valence-electron chi connectivity index (χ2n) is 3.49. The highest BCUT2D eigenvalue weighted by molar-refractivity contribution is 5.89. The van der Waals surface area contributed by atoms with E-state index in [2.05, 4.69) is 13.0 Å². The topological polar surface area (TPSA) is 26.3 Å². The van der Waals surface area contributed by atoms with Gasteiger partial charge in [0.05, 0.1) is 12.2 Å². The summed E-state index contributed by atoms with van der Waals surface area (Å²) in [4.78, 5) is 11.4. The maximum atomic E-state index is 11.4. The van der Waals surface area contributed by atoms with E-state index in [1.54, 1.807) is 24.3 Å². The van der Waals surface area contributed by atoms with E-state index in [4.69, 9.17) is 4.74 Å². The summed E-state index contributed by atoms with van der Waals surface area (Å²) in [6.45, 7) is 2.68. The molecule has 2 nitrogen and oxygen atoms in total. The molecule has 0 aromatic heterocycles. The van der Waals surface area contributed by atoms with Gasteiger partial charge in [0.1, 0.15) is 0 Å². The normalized spacial score (nSPS) is 9.93. The summed E-state index contributed by atoms with van der Waals surface area (Å²) in [6.07, 6.45) is 4.49. The number of carbonyl (C=O) groups excluding carboxylic acids is 1. The first-order valence-electron chi connectivity index (χ1n) is 5.48. The van der Waals surface area contributed by atoms with E-state index in [1.807, 2.05) is 0 Å². The fourth-order valence-electron chi connectivity index (χ4n) is 1.30. The van der Waals surface area contributed by atoms with Crippen LogP contribution in [0.15, 0.2) is 24.3 Å². The Kier molecular flexibility index (Phi) is 5.52. The summed E-state index contributed by atoms with van der Waals surface area (Å²) in [7, 11) is 0. The predicted molar refractivity (Wildman–Crippen MR) is 59.7 cm³/mol. The van der Waals surface area contributed by atoms with Crippen LogP contribution in [0.25, 0.3) is 0 Å². The summed E-state index contributed by atoms with van der Waals surface area (Å²) in [5.41, 5.74) is 0.577. The van der Waals surface area contributed by atoms with Gasteiger partial charge in [-0.1, -0.05) is 38.3 Å². The van der Waals surface area contributed by atoms with Crippen LogP contribution in [0.1, 0.15) is 43.0 Å². The van der Waals surface area contributed by atoms with E-state index >= 15 is 0 Å². The number of benzene rings is 1. The van der Waals surface area contributed by atoms with Crippen molar-refractivity contribution >= 4 is 5.97 Å². The van der Waals surface area contributed by atoms with E-state index in [0.717, 1.165) is 12.8 Å². The molecule has 1 aromatic rings. The number of hydrogen-bond acceptors (Lipinski definition) is 2. The molecule has 0 saturated heterocycles. The van der Waals surface area contributed by atoms with E-state index < -0.39 is 0 Å². The Bertz CT molecular complexity index is 280. The molecule has 1 rings (SSSR count). The molecule has 0 unspecified atom stereocenters. The van der Waals surface area contributed by atoms with Crippen LogP contribution in [0.2, 0.25) is 0 Å². The van der Waals surface area contributed by atoms with E-state index in [9.17, 15) is 4.79 Å². The molecular weight excluding hydrogens is 188 g/mol. The number of rotatable bonds is 6. The van der Waals surface area contributed by atoms with Gasteiger partial charge in [-0.15, -0.1) is 0 Å². The average molecular weight is 205 g/mol. The molecule has 0 heterocycles. The summed E-state index contributed by atoms with van der Waals surface area (Å²) < 4.78 is 5.12. The molecule has 0 fully saturated rings. The van der Waals surface area contributed by atoms with Gasteiger partial charge in [0.2, 0.25) is 0 Å². The minimum atomic E-state index is -0.247. The number of ether oxygens (including phenoxy) is 1. The van der Waals surface area contributed by atoms with Gasteiger partial charge in [-0.05, 0) is 24.6 Å². The highest BCUT2D eigenvalue weighted by atomic mass is 16.5. The Morgan fingerprint density at radius 3 is 2.93 bits per heavy atom. The van der Waals surface area contributed by atoms with Crippen molar-refractivity contribution in [2.75, 3.05) is 6.61 Å². The van der Waals surface area contributed by atoms with Crippen molar-refractivity contribution in [1.29, 1.82) is 0 Å². The molecule has 81 valence electrons. The molecule has 1 aromatic carbocycles. The van der Waals surface area contributed by atoms with Crippen LogP contribution < -0.4 is 0 Å². The minimum Gasteiger partial charge on any atom is -0.462 e. The molecule has 0 spiro atoms. The quantitative estimate of drug-likeness (QED) is 0.526. The van der Waals surface area contributed by atoms with Crippen molar-refractivity contribution in [3.05, 3.63) is 35.9 Å². The molecule has 0 aliphatic heterocycles. The summed E-state index contributed by atoms with van der Waals surface area (Å²) in [6, 6.07) is 9.79. The Hall–Kier alpha value is -1.31. The van der Waals surface area contributed by atoms with Crippen LogP contribution in [0.5, 0.6) is 0 Å². The first-order valence-corrected chi connectivity index (χ1v) is 5.48. The lowest BCUT2D eigenvalue weighted by Gasteiger charge is -2.03. The molecule has 0 amide bonds. The van der Waals surface area contributed by atoms with E-state index in [0.29, 0.717) is 12.2 Å². The van der Waals surface area contributed by atoms with Crippen LogP contribution in [0.4, 0.5) is 0 Å². The first kappa shape index (κ1) is 11.8. The third-order valence-electron chi connectivity index (χ3n) is 2.17. The second kappa shape index (κ2) is 7.04. The fourth-order valence-corrected chi connectivity index (χ4v) is 1.30. The number of esters is 1. The molecule has 0 N–H and O–H groups in total. The van der Waals surface area contributed by atoms with Crippen molar-refractivity contribution < 1.29 is 9.53 Å². The highest BCUT2D eigenvalue weighted by Gasteiger charge is 2.04. The second-order valence-corrected chi connectivity index (χ2v) is 3.49. The van der Waals surface area contributed by atoms with Crippen LogP contribution in [0, 0.1) is 6.07 Å². The van der Waals surface area contributed by atoms with Crippen molar-refractivity contribution in [2.24, 2.45) is 0 Å². The smallest absolute Gasteiger partial charge is 0.338 e. The zero-order valence-corrected chi connectivity index (χ0v) is 9.16. The SMILES string of the molecule is CCCCCCOC(=O)c1c[c]ccc1. The summed E-state index contributed by atoms with van der Waals surface area (Å²) in [5.74, 6) is -0.247. The molecule has 0 saturated carbocycles. The molecule has 0 bridgehead atoms. The lowest BCUT2D eigenvalue weighted by molar-refractivity contribution is 0.0498. The van der Waals surface area contributed by atoms with Crippen molar-refractivity contribution in [3.63, 3.8) is 0 Å². The number of unbranched alkanes of at least 4 members (excludes halogenated alkanes) is 3. The van der Waals surface area contributed by atoms with Gasteiger partial charge >= 0.3 is 5.97 Å². The molecule has 0 atom stereocenters. The fraction of sp³-hybridized carbons (Fsp3) is 0.462. The molecule has 0 aliphatic rings. The summed E-state index contributed by atoms with van der Waals surface area (Å²) in [5, 5.41) is 0. The van der Waals surface area contributed by atoms with Crippen LogP contribution in [0.3, 0.4) is 0 Å². The lowest BCUT2D eigenvalue weighted by Crippen LogP contribution is -2.06. The van der Waals surface area contributed by atoms with Gasteiger partial charge in [-0.2, -0.15) is 0 Å².